The number of hydrogen-bond acceptors (Lipinski definition) is 8. The van der Waals surface area contributed by atoms with E-state index in [1.54, 1.807) is 30.7 Å². The smallest absolute Gasteiger partial charge is 0.377 e. The second-order valence-electron chi connectivity index (χ2n) is 10.4. The Labute approximate surface area is 233 Å². The summed E-state index contributed by atoms with van der Waals surface area (Å²) in [6.45, 7) is 6.38. The molecule has 2 fully saturated rings. The first kappa shape index (κ1) is 27.4. The summed E-state index contributed by atoms with van der Waals surface area (Å²) in [6, 6.07) is 5.44. The van der Waals surface area contributed by atoms with E-state index in [1.807, 2.05) is 11.8 Å². The minimum atomic E-state index is -4.71. The van der Waals surface area contributed by atoms with Gasteiger partial charge < -0.3 is 20.3 Å². The van der Waals surface area contributed by atoms with Gasteiger partial charge in [0.05, 0.1) is 47.6 Å². The molecule has 0 saturated carbocycles. The van der Waals surface area contributed by atoms with Crippen LogP contribution in [0.2, 0.25) is 0 Å². The third kappa shape index (κ3) is 4.99. The number of morpholine rings is 1. The quantitative estimate of drug-likeness (QED) is 0.341. The third-order valence-corrected chi connectivity index (χ3v) is 7.69. The van der Waals surface area contributed by atoms with Gasteiger partial charge in [-0.15, -0.1) is 0 Å². The van der Waals surface area contributed by atoms with Gasteiger partial charge in [-0.2, -0.15) is 23.3 Å². The average Bonchev–Trinajstić information content (AvgIpc) is 3.50. The lowest BCUT2D eigenvalue weighted by atomic mass is 10.1. The van der Waals surface area contributed by atoms with Gasteiger partial charge in [-0.1, -0.05) is 0 Å². The van der Waals surface area contributed by atoms with E-state index in [0.717, 1.165) is 19.4 Å². The summed E-state index contributed by atoms with van der Waals surface area (Å²) >= 11 is 0. The van der Waals surface area contributed by atoms with Crippen LogP contribution in [0.4, 0.5) is 29.3 Å². The van der Waals surface area contributed by atoms with Crippen LogP contribution < -0.4 is 15.5 Å². The van der Waals surface area contributed by atoms with E-state index < -0.39 is 17.7 Å². The average molecular weight is 574 g/mol. The molecule has 4 aromatic rings. The minimum absolute atomic E-state index is 0.0732. The first-order valence-corrected chi connectivity index (χ1v) is 13.6. The SMILES string of the molecule is CNc1nc2cc(F)ccc2n1-c1nc(-c2c(C(F)(F)F)nn(C3CCCNC3)c2C)cc(N2CCOC[C@H]2C)n1. The van der Waals surface area contributed by atoms with Crippen molar-refractivity contribution in [2.24, 2.45) is 0 Å². The monoisotopic (exact) mass is 573 g/mol. The molecule has 0 bridgehead atoms. The molecule has 5 heterocycles. The Bertz CT molecular complexity index is 1580. The van der Waals surface area contributed by atoms with Crippen molar-refractivity contribution in [1.82, 2.24) is 34.6 Å². The number of piperidine rings is 1. The largest absolute Gasteiger partial charge is 0.435 e. The highest BCUT2D eigenvalue weighted by atomic mass is 19.4. The zero-order chi connectivity index (χ0) is 28.9. The molecule has 2 aliphatic heterocycles. The van der Waals surface area contributed by atoms with E-state index in [-0.39, 0.29) is 29.3 Å². The summed E-state index contributed by atoms with van der Waals surface area (Å²) in [6.07, 6.45) is -3.14. The molecule has 6 rings (SSSR count). The number of anilines is 2. The molecule has 2 N–H and O–H groups in total. The van der Waals surface area contributed by atoms with Gasteiger partial charge in [0.2, 0.25) is 11.9 Å². The number of benzene rings is 1. The van der Waals surface area contributed by atoms with Crippen molar-refractivity contribution in [2.45, 2.75) is 44.9 Å². The van der Waals surface area contributed by atoms with Crippen LogP contribution in [-0.2, 0) is 10.9 Å². The van der Waals surface area contributed by atoms with Gasteiger partial charge >= 0.3 is 6.18 Å². The summed E-state index contributed by atoms with van der Waals surface area (Å²) in [7, 11) is 1.65. The highest BCUT2D eigenvalue weighted by Crippen LogP contribution is 2.40. The Morgan fingerprint density at radius 1 is 1.15 bits per heavy atom. The van der Waals surface area contributed by atoms with Gasteiger partial charge in [-0.3, -0.25) is 4.68 Å². The normalized spacial score (nSPS) is 20.1. The van der Waals surface area contributed by atoms with Crippen LogP contribution in [0.5, 0.6) is 0 Å². The van der Waals surface area contributed by atoms with Gasteiger partial charge in [0.25, 0.3) is 0 Å². The number of hydrogen-bond donors (Lipinski definition) is 2. The van der Waals surface area contributed by atoms with E-state index >= 15 is 0 Å². The number of alkyl halides is 3. The van der Waals surface area contributed by atoms with Gasteiger partial charge in [0.1, 0.15) is 11.6 Å². The molecule has 0 amide bonds. The predicted molar refractivity (Wildman–Crippen MR) is 146 cm³/mol. The number of imidazole rings is 1. The Morgan fingerprint density at radius 3 is 2.68 bits per heavy atom. The van der Waals surface area contributed by atoms with Gasteiger partial charge in [-0.25, -0.2) is 18.9 Å². The lowest BCUT2D eigenvalue weighted by Gasteiger charge is -2.34. The number of halogens is 4. The van der Waals surface area contributed by atoms with Crippen molar-refractivity contribution >= 4 is 22.8 Å². The first-order valence-electron chi connectivity index (χ1n) is 13.6. The zero-order valence-corrected chi connectivity index (χ0v) is 23.0. The lowest BCUT2D eigenvalue weighted by molar-refractivity contribution is -0.141. The Kier molecular flexibility index (Phi) is 7.06. The fourth-order valence-electron chi connectivity index (χ4n) is 5.71. The maximum atomic E-state index is 14.5. The molecule has 3 aromatic heterocycles. The molecule has 0 aliphatic carbocycles. The maximum absolute atomic E-state index is 14.5. The van der Waals surface area contributed by atoms with E-state index in [9.17, 15) is 17.6 Å². The number of aromatic nitrogens is 6. The van der Waals surface area contributed by atoms with E-state index in [0.29, 0.717) is 54.8 Å². The van der Waals surface area contributed by atoms with Crippen molar-refractivity contribution in [3.8, 4) is 17.2 Å². The van der Waals surface area contributed by atoms with Crippen molar-refractivity contribution in [2.75, 3.05) is 50.1 Å². The number of rotatable bonds is 5. The minimum Gasteiger partial charge on any atom is -0.377 e. The van der Waals surface area contributed by atoms with Crippen molar-refractivity contribution in [3.05, 3.63) is 41.5 Å². The number of nitrogens with one attached hydrogen (secondary N) is 2. The van der Waals surface area contributed by atoms with Crippen LogP contribution in [0.3, 0.4) is 0 Å². The summed E-state index contributed by atoms with van der Waals surface area (Å²) in [5, 5.41) is 10.3. The molecule has 218 valence electrons. The molecular weight excluding hydrogens is 542 g/mol. The third-order valence-electron chi connectivity index (χ3n) is 7.69. The van der Waals surface area contributed by atoms with Crippen molar-refractivity contribution < 1.29 is 22.3 Å². The molecule has 2 saturated heterocycles. The van der Waals surface area contributed by atoms with E-state index in [4.69, 9.17) is 14.7 Å². The second kappa shape index (κ2) is 10.6. The molecular formula is C27H31F4N9O. The van der Waals surface area contributed by atoms with E-state index in [1.165, 1.54) is 16.8 Å². The first-order chi connectivity index (χ1) is 19.7. The standard InChI is InChI=1S/C27H31F4N9O/c1-15-14-41-10-9-38(15)22-12-20(23-16(2)40(18-5-4-8-33-13-18)37-24(23)27(29,30)31)35-26(36-22)39-21-7-6-17(28)11-19(21)34-25(39)32-3/h6-7,11-12,15,18,33H,4-5,8-10,13-14H2,1-3H3,(H,32,34)/t15-,18?/m1/s1. The Balaban J connectivity index is 1.60. The van der Waals surface area contributed by atoms with Crippen LogP contribution >= 0.6 is 0 Å². The Morgan fingerprint density at radius 2 is 1.98 bits per heavy atom. The van der Waals surface area contributed by atoms with Crippen molar-refractivity contribution in [3.63, 3.8) is 0 Å². The molecule has 0 radical (unpaired) electrons. The number of fused-ring (bicyclic) bond motifs is 1. The lowest BCUT2D eigenvalue weighted by Crippen LogP contribution is -2.44. The highest BCUT2D eigenvalue weighted by molar-refractivity contribution is 5.81. The van der Waals surface area contributed by atoms with Crippen LogP contribution in [-0.4, -0.2) is 75.2 Å². The van der Waals surface area contributed by atoms with Crippen LogP contribution in [0.25, 0.3) is 28.2 Å². The van der Waals surface area contributed by atoms with Gasteiger partial charge in [-0.05, 0) is 45.4 Å². The fraction of sp³-hybridized carbons (Fsp3) is 0.481. The van der Waals surface area contributed by atoms with E-state index in [2.05, 4.69) is 20.7 Å². The maximum Gasteiger partial charge on any atom is 0.435 e. The molecule has 0 spiro atoms. The van der Waals surface area contributed by atoms with Crippen LogP contribution in [0, 0.1) is 12.7 Å². The second-order valence-corrected chi connectivity index (χ2v) is 10.4. The summed E-state index contributed by atoms with van der Waals surface area (Å²) in [4.78, 5) is 16.0. The highest BCUT2D eigenvalue weighted by Gasteiger charge is 2.41. The molecule has 14 heteroatoms. The number of nitrogens with zero attached hydrogens (tertiary/aromatic N) is 7. The number of ether oxygens (including phenoxy) is 1. The summed E-state index contributed by atoms with van der Waals surface area (Å²) < 4.78 is 66.3. The zero-order valence-electron chi connectivity index (χ0n) is 23.0. The van der Waals surface area contributed by atoms with Gasteiger partial charge in [0, 0.05) is 38.0 Å². The predicted octanol–water partition coefficient (Wildman–Crippen LogP) is 4.34. The Hall–Kier alpha value is -3.78. The van der Waals surface area contributed by atoms with Crippen LogP contribution in [0.1, 0.15) is 37.2 Å². The molecule has 2 aliphatic rings. The van der Waals surface area contributed by atoms with Crippen molar-refractivity contribution in [1.29, 1.82) is 0 Å². The molecule has 2 atom stereocenters. The molecule has 1 unspecified atom stereocenters. The topological polar surface area (TPSA) is 98.0 Å². The summed E-state index contributed by atoms with van der Waals surface area (Å²) in [5.74, 6) is 0.415. The molecule has 1 aromatic carbocycles. The molecule has 10 nitrogen and oxygen atoms in total. The summed E-state index contributed by atoms with van der Waals surface area (Å²) in [5.41, 5.74) is 0.255. The molecule has 41 heavy (non-hydrogen) atoms. The van der Waals surface area contributed by atoms with Crippen LogP contribution in [0.15, 0.2) is 24.3 Å². The fourth-order valence-corrected chi connectivity index (χ4v) is 5.71. The van der Waals surface area contributed by atoms with Gasteiger partial charge in [0.15, 0.2) is 5.69 Å².